The second-order valence-corrected chi connectivity index (χ2v) is 11.4. The van der Waals surface area contributed by atoms with Gasteiger partial charge in [0.1, 0.15) is 23.4 Å². The number of nitrogens with one attached hydrogen (secondary N) is 1. The largest absolute Gasteiger partial charge is 0.369 e. The third-order valence-corrected chi connectivity index (χ3v) is 6.75. The van der Waals surface area contributed by atoms with Crippen LogP contribution in [0.4, 0.5) is 28.6 Å². The highest BCUT2D eigenvalue weighted by Gasteiger charge is 2.29. The van der Waals surface area contributed by atoms with Crippen LogP contribution in [0.1, 0.15) is 69.8 Å². The van der Waals surface area contributed by atoms with E-state index in [1.165, 1.54) is 16.8 Å². The summed E-state index contributed by atoms with van der Waals surface area (Å²) >= 11 is 0. The lowest BCUT2D eigenvalue weighted by Crippen LogP contribution is -2.25. The molecule has 0 aliphatic carbocycles. The molecule has 46 heavy (non-hydrogen) atoms. The summed E-state index contributed by atoms with van der Waals surface area (Å²) < 4.78 is 1.27. The first-order valence-corrected chi connectivity index (χ1v) is 14.2. The normalized spacial score (nSPS) is 10.7. The fraction of sp³-hybridized carbons (Fsp3) is 0.333. The predicted octanol–water partition coefficient (Wildman–Crippen LogP) is 6.98. The van der Waals surface area contributed by atoms with Crippen molar-refractivity contribution in [2.75, 3.05) is 23.3 Å². The monoisotopic (exact) mass is 610 g/mol. The van der Waals surface area contributed by atoms with E-state index in [-0.39, 0.29) is 64.2 Å². The summed E-state index contributed by atoms with van der Waals surface area (Å²) in [7, 11) is 0. The standard InChI is InChI=1S/C33H30N12O/c1-21(2)32(46)40-28-16-24(44(13-7-11-34)14-8-12-35)9-10-26(28)41-42-31-25(20-38)30(33(3,4)5)43-45(31)29-17-27(39-6)22(18-36)15-23(29)19-37/h9-10,15-17,21H,7-8,13-14H2,1-5H3,(H,40,46). The zero-order valence-electron chi connectivity index (χ0n) is 26.1. The van der Waals surface area contributed by atoms with Crippen LogP contribution >= 0.6 is 0 Å². The van der Waals surface area contributed by atoms with Gasteiger partial charge in [0.2, 0.25) is 11.6 Å². The molecule has 0 saturated heterocycles. The highest BCUT2D eigenvalue weighted by molar-refractivity contribution is 5.95. The Morgan fingerprint density at radius 1 is 1.00 bits per heavy atom. The molecule has 13 nitrogen and oxygen atoms in total. The average molecular weight is 611 g/mol. The predicted molar refractivity (Wildman–Crippen MR) is 169 cm³/mol. The Bertz CT molecular complexity index is 1920. The van der Waals surface area contributed by atoms with Crippen molar-refractivity contribution < 1.29 is 4.79 Å². The summed E-state index contributed by atoms with van der Waals surface area (Å²) in [5, 5.41) is 64.2. The molecule has 0 atom stereocenters. The van der Waals surface area contributed by atoms with Gasteiger partial charge in [-0.3, -0.25) is 4.79 Å². The van der Waals surface area contributed by atoms with E-state index in [2.05, 4.69) is 43.7 Å². The van der Waals surface area contributed by atoms with Crippen LogP contribution in [0.2, 0.25) is 0 Å². The summed E-state index contributed by atoms with van der Waals surface area (Å²) in [6, 6.07) is 18.0. The number of rotatable bonds is 10. The Labute approximate surface area is 267 Å². The van der Waals surface area contributed by atoms with Crippen molar-refractivity contribution in [1.29, 1.82) is 26.3 Å². The molecule has 0 saturated carbocycles. The molecule has 0 radical (unpaired) electrons. The number of hydrogen-bond donors (Lipinski definition) is 1. The first-order valence-electron chi connectivity index (χ1n) is 14.2. The van der Waals surface area contributed by atoms with E-state index in [0.717, 1.165) is 0 Å². The molecule has 228 valence electrons. The van der Waals surface area contributed by atoms with Crippen LogP contribution in [0, 0.1) is 69.1 Å². The highest BCUT2D eigenvalue weighted by atomic mass is 16.1. The van der Waals surface area contributed by atoms with Gasteiger partial charge in [-0.1, -0.05) is 34.6 Å². The van der Waals surface area contributed by atoms with Gasteiger partial charge in [0.25, 0.3) is 0 Å². The Balaban J connectivity index is 2.30. The lowest BCUT2D eigenvalue weighted by molar-refractivity contribution is -0.118. The molecule has 0 aliphatic rings. The lowest BCUT2D eigenvalue weighted by Gasteiger charge is -2.24. The molecule has 1 heterocycles. The fourth-order valence-electron chi connectivity index (χ4n) is 4.35. The molecule has 13 heteroatoms. The molecule has 0 spiro atoms. The minimum absolute atomic E-state index is 0.00247. The molecule has 1 N–H and O–H groups in total. The maximum absolute atomic E-state index is 12.8. The first kappa shape index (κ1) is 34.0. The van der Waals surface area contributed by atoms with Gasteiger partial charge < -0.3 is 10.2 Å². The molecule has 3 aromatic rings. The van der Waals surface area contributed by atoms with E-state index < -0.39 is 5.41 Å². The van der Waals surface area contributed by atoms with Crippen molar-refractivity contribution in [2.24, 2.45) is 16.1 Å². The Morgan fingerprint density at radius 2 is 1.65 bits per heavy atom. The average Bonchev–Trinajstić information content (AvgIpc) is 3.42. The number of amides is 1. The Kier molecular flexibility index (Phi) is 10.9. The molecular formula is C33H30N12O. The van der Waals surface area contributed by atoms with Gasteiger partial charge in [-0.2, -0.15) is 31.4 Å². The van der Waals surface area contributed by atoms with Gasteiger partial charge in [-0.25, -0.2) is 9.53 Å². The number of aromatic nitrogens is 2. The van der Waals surface area contributed by atoms with Crippen LogP contribution in [0.15, 0.2) is 40.6 Å². The minimum atomic E-state index is -0.628. The maximum atomic E-state index is 12.8. The van der Waals surface area contributed by atoms with Crippen molar-refractivity contribution in [3.8, 4) is 36.0 Å². The lowest BCUT2D eigenvalue weighted by atomic mass is 9.90. The minimum Gasteiger partial charge on any atom is -0.369 e. The van der Waals surface area contributed by atoms with Gasteiger partial charge in [-0.05, 0) is 30.3 Å². The number of carbonyl (C=O) groups is 1. The number of benzene rings is 2. The fourth-order valence-corrected chi connectivity index (χ4v) is 4.35. The Hall–Kier alpha value is -6.54. The molecule has 0 bridgehead atoms. The molecule has 2 aromatic carbocycles. The van der Waals surface area contributed by atoms with Gasteiger partial charge in [-0.15, -0.1) is 10.2 Å². The third kappa shape index (κ3) is 7.50. The number of nitrogens with zero attached hydrogens (tertiary/aromatic N) is 11. The smallest absolute Gasteiger partial charge is 0.226 e. The second kappa shape index (κ2) is 14.8. The molecular weight excluding hydrogens is 580 g/mol. The number of anilines is 2. The van der Waals surface area contributed by atoms with E-state index in [1.807, 2.05) is 37.8 Å². The van der Waals surface area contributed by atoms with Crippen LogP contribution in [0.3, 0.4) is 0 Å². The summed E-state index contributed by atoms with van der Waals surface area (Å²) in [5.74, 6) is -0.658. The van der Waals surface area contributed by atoms with Crippen molar-refractivity contribution in [2.45, 2.75) is 52.9 Å². The quantitative estimate of drug-likeness (QED) is 0.187. The molecule has 0 unspecified atom stereocenters. The third-order valence-electron chi connectivity index (χ3n) is 6.75. The van der Waals surface area contributed by atoms with E-state index in [0.29, 0.717) is 30.2 Å². The zero-order valence-corrected chi connectivity index (χ0v) is 26.1. The molecule has 3 rings (SSSR count). The number of azo groups is 1. The zero-order chi connectivity index (χ0) is 34.0. The summed E-state index contributed by atoms with van der Waals surface area (Å²) in [6.45, 7) is 17.3. The van der Waals surface area contributed by atoms with Crippen molar-refractivity contribution in [3.05, 3.63) is 64.1 Å². The summed E-state index contributed by atoms with van der Waals surface area (Å²) in [6.07, 6.45) is 0.458. The first-order chi connectivity index (χ1) is 21.9. The van der Waals surface area contributed by atoms with E-state index >= 15 is 0 Å². The molecule has 0 fully saturated rings. The van der Waals surface area contributed by atoms with Gasteiger partial charge in [0, 0.05) is 30.1 Å². The number of hydrogen-bond acceptors (Lipinski definition) is 10. The second-order valence-electron chi connectivity index (χ2n) is 11.4. The molecule has 0 aliphatic heterocycles. The van der Waals surface area contributed by atoms with Crippen LogP contribution in [-0.4, -0.2) is 28.8 Å². The van der Waals surface area contributed by atoms with Crippen LogP contribution in [-0.2, 0) is 10.2 Å². The van der Waals surface area contributed by atoms with Crippen LogP contribution in [0.25, 0.3) is 10.5 Å². The highest BCUT2D eigenvalue weighted by Crippen LogP contribution is 2.38. The number of carbonyl (C=O) groups excluding carboxylic acids is 1. The van der Waals surface area contributed by atoms with Crippen molar-refractivity contribution >= 4 is 34.5 Å². The Morgan fingerprint density at radius 3 is 2.17 bits per heavy atom. The number of nitriles is 5. The summed E-state index contributed by atoms with van der Waals surface area (Å²) in [4.78, 5) is 18.1. The SMILES string of the molecule is [C-]#[N+]c1cc(-n2nc(C(C)(C)C)c(C#N)c2N=Nc2ccc(N(CCC#N)CCC#N)cc2NC(=O)C(C)C)c(C#N)cc1C#N. The van der Waals surface area contributed by atoms with Gasteiger partial charge >= 0.3 is 0 Å². The van der Waals surface area contributed by atoms with Crippen molar-refractivity contribution in [1.82, 2.24) is 9.78 Å². The van der Waals surface area contributed by atoms with E-state index in [4.69, 9.17) is 17.1 Å². The van der Waals surface area contributed by atoms with Gasteiger partial charge in [0.15, 0.2) is 5.82 Å². The molecule has 1 aromatic heterocycles. The summed E-state index contributed by atoms with van der Waals surface area (Å²) in [5.41, 5.74) is 1.25. The van der Waals surface area contributed by atoms with Crippen LogP contribution in [0.5, 0.6) is 0 Å². The van der Waals surface area contributed by atoms with Gasteiger partial charge in [0.05, 0.1) is 65.8 Å². The van der Waals surface area contributed by atoms with Crippen molar-refractivity contribution in [3.63, 3.8) is 0 Å². The van der Waals surface area contributed by atoms with E-state index in [9.17, 15) is 20.6 Å². The maximum Gasteiger partial charge on any atom is 0.226 e. The molecule has 1 amide bonds. The topological polar surface area (TPSA) is 198 Å². The van der Waals surface area contributed by atoms with Crippen LogP contribution < -0.4 is 10.2 Å². The van der Waals surface area contributed by atoms with E-state index in [1.54, 1.807) is 32.0 Å².